The SMILES string of the molecule is Nc1c(OCC2CCCCC2)ccc2ncccc12. The fourth-order valence-electron chi connectivity index (χ4n) is 2.84. The maximum Gasteiger partial charge on any atom is 0.142 e. The number of ether oxygens (including phenoxy) is 1. The number of pyridine rings is 1. The van der Waals surface area contributed by atoms with Crippen molar-refractivity contribution in [3.8, 4) is 5.75 Å². The minimum Gasteiger partial charge on any atom is -0.491 e. The molecule has 1 heterocycles. The van der Waals surface area contributed by atoms with Gasteiger partial charge in [-0.15, -0.1) is 0 Å². The number of hydrogen-bond donors (Lipinski definition) is 1. The molecular formula is C16H20N2O. The second-order valence-corrected chi connectivity index (χ2v) is 5.36. The van der Waals surface area contributed by atoms with E-state index in [0.29, 0.717) is 11.6 Å². The molecule has 2 aromatic rings. The first-order valence-electron chi connectivity index (χ1n) is 7.10. The average Bonchev–Trinajstić information content (AvgIpc) is 2.48. The van der Waals surface area contributed by atoms with E-state index in [1.165, 1.54) is 32.1 Å². The largest absolute Gasteiger partial charge is 0.491 e. The van der Waals surface area contributed by atoms with Crippen LogP contribution in [0, 0.1) is 5.92 Å². The molecule has 2 N–H and O–H groups in total. The minimum absolute atomic E-state index is 0.692. The van der Waals surface area contributed by atoms with Crippen LogP contribution in [0.1, 0.15) is 32.1 Å². The Bertz CT molecular complexity index is 562. The predicted molar refractivity (Wildman–Crippen MR) is 78.2 cm³/mol. The first kappa shape index (κ1) is 12.3. The van der Waals surface area contributed by atoms with Gasteiger partial charge in [0.1, 0.15) is 5.75 Å². The van der Waals surface area contributed by atoms with E-state index in [2.05, 4.69) is 4.98 Å². The predicted octanol–water partition coefficient (Wildman–Crippen LogP) is 3.78. The van der Waals surface area contributed by atoms with Crippen molar-refractivity contribution in [1.29, 1.82) is 0 Å². The van der Waals surface area contributed by atoms with Gasteiger partial charge in [-0.3, -0.25) is 4.98 Å². The van der Waals surface area contributed by atoms with Gasteiger partial charge in [0.05, 0.1) is 17.8 Å². The summed E-state index contributed by atoms with van der Waals surface area (Å²) >= 11 is 0. The molecule has 3 rings (SSSR count). The van der Waals surface area contributed by atoms with E-state index in [0.717, 1.165) is 23.3 Å². The van der Waals surface area contributed by atoms with Crippen molar-refractivity contribution in [3.63, 3.8) is 0 Å². The molecule has 3 nitrogen and oxygen atoms in total. The number of nitrogens with two attached hydrogens (primary N) is 1. The highest BCUT2D eigenvalue weighted by Gasteiger charge is 2.15. The second kappa shape index (κ2) is 5.47. The molecule has 3 heteroatoms. The first-order valence-corrected chi connectivity index (χ1v) is 7.10. The summed E-state index contributed by atoms with van der Waals surface area (Å²) in [6.45, 7) is 0.788. The van der Waals surface area contributed by atoms with Crippen LogP contribution in [0.15, 0.2) is 30.5 Å². The number of anilines is 1. The fourth-order valence-corrected chi connectivity index (χ4v) is 2.84. The number of nitrogens with zero attached hydrogens (tertiary/aromatic N) is 1. The summed E-state index contributed by atoms with van der Waals surface area (Å²) in [6.07, 6.45) is 8.41. The Hall–Kier alpha value is -1.77. The Balaban J connectivity index is 1.75. The highest BCUT2D eigenvalue weighted by molar-refractivity contribution is 5.93. The summed E-state index contributed by atoms with van der Waals surface area (Å²) in [4.78, 5) is 4.30. The topological polar surface area (TPSA) is 48.1 Å². The molecule has 1 saturated carbocycles. The van der Waals surface area contributed by atoms with Crippen molar-refractivity contribution in [2.75, 3.05) is 12.3 Å². The van der Waals surface area contributed by atoms with Crippen molar-refractivity contribution in [3.05, 3.63) is 30.5 Å². The molecule has 0 saturated heterocycles. The third-order valence-electron chi connectivity index (χ3n) is 3.99. The van der Waals surface area contributed by atoms with Crippen LogP contribution in [0.2, 0.25) is 0 Å². The number of benzene rings is 1. The fraction of sp³-hybridized carbons (Fsp3) is 0.438. The van der Waals surface area contributed by atoms with E-state index in [4.69, 9.17) is 10.5 Å². The van der Waals surface area contributed by atoms with Gasteiger partial charge in [0.25, 0.3) is 0 Å². The molecule has 1 aliphatic carbocycles. The molecule has 0 atom stereocenters. The lowest BCUT2D eigenvalue weighted by molar-refractivity contribution is 0.210. The quantitative estimate of drug-likeness (QED) is 0.850. The molecule has 0 radical (unpaired) electrons. The van der Waals surface area contributed by atoms with Crippen molar-refractivity contribution in [2.45, 2.75) is 32.1 Å². The molecule has 0 bridgehead atoms. The Kier molecular flexibility index (Phi) is 3.53. The summed E-state index contributed by atoms with van der Waals surface area (Å²) in [7, 11) is 0. The third-order valence-corrected chi connectivity index (χ3v) is 3.99. The number of fused-ring (bicyclic) bond motifs is 1. The van der Waals surface area contributed by atoms with Crippen LogP contribution in [-0.4, -0.2) is 11.6 Å². The molecule has 100 valence electrons. The molecule has 1 aliphatic rings. The molecule has 0 aliphatic heterocycles. The van der Waals surface area contributed by atoms with Gasteiger partial charge in [0.2, 0.25) is 0 Å². The van der Waals surface area contributed by atoms with Gasteiger partial charge < -0.3 is 10.5 Å². The Morgan fingerprint density at radius 2 is 2.00 bits per heavy atom. The summed E-state index contributed by atoms with van der Waals surface area (Å²) in [6, 6.07) is 7.81. The first-order chi connectivity index (χ1) is 9.34. The van der Waals surface area contributed by atoms with Crippen LogP contribution in [0.4, 0.5) is 5.69 Å². The van der Waals surface area contributed by atoms with E-state index in [9.17, 15) is 0 Å². The Labute approximate surface area is 113 Å². The number of hydrogen-bond acceptors (Lipinski definition) is 3. The van der Waals surface area contributed by atoms with Crippen molar-refractivity contribution in [2.24, 2.45) is 5.92 Å². The van der Waals surface area contributed by atoms with Gasteiger partial charge in [0.15, 0.2) is 0 Å². The minimum atomic E-state index is 0.692. The summed E-state index contributed by atoms with van der Waals surface area (Å²) < 4.78 is 5.93. The highest BCUT2D eigenvalue weighted by atomic mass is 16.5. The van der Waals surface area contributed by atoms with Crippen molar-refractivity contribution >= 4 is 16.6 Å². The normalized spacial score (nSPS) is 16.6. The number of aromatic nitrogens is 1. The van der Waals surface area contributed by atoms with Crippen LogP contribution < -0.4 is 10.5 Å². The summed E-state index contributed by atoms with van der Waals surface area (Å²) in [5.41, 5.74) is 7.80. The smallest absolute Gasteiger partial charge is 0.142 e. The van der Waals surface area contributed by atoms with Crippen LogP contribution in [-0.2, 0) is 0 Å². The van der Waals surface area contributed by atoms with Gasteiger partial charge in [-0.25, -0.2) is 0 Å². The maximum absolute atomic E-state index is 6.17. The lowest BCUT2D eigenvalue weighted by Crippen LogP contribution is -2.15. The van der Waals surface area contributed by atoms with Gasteiger partial charge in [-0.05, 0) is 43.0 Å². The van der Waals surface area contributed by atoms with E-state index in [-0.39, 0.29) is 0 Å². The van der Waals surface area contributed by atoms with E-state index >= 15 is 0 Å². The standard InChI is InChI=1S/C16H20N2O/c17-16-13-7-4-10-18-14(13)8-9-15(16)19-11-12-5-2-1-3-6-12/h4,7-10,12H,1-3,5-6,11,17H2. The van der Waals surface area contributed by atoms with Crippen molar-refractivity contribution in [1.82, 2.24) is 4.98 Å². The third kappa shape index (κ3) is 2.65. The maximum atomic E-state index is 6.17. The molecule has 1 fully saturated rings. The van der Waals surface area contributed by atoms with Crippen LogP contribution in [0.3, 0.4) is 0 Å². The van der Waals surface area contributed by atoms with Gasteiger partial charge >= 0.3 is 0 Å². The monoisotopic (exact) mass is 256 g/mol. The van der Waals surface area contributed by atoms with Gasteiger partial charge in [-0.1, -0.05) is 19.3 Å². The zero-order valence-electron chi connectivity index (χ0n) is 11.1. The van der Waals surface area contributed by atoms with E-state index < -0.39 is 0 Å². The number of nitrogen functional groups attached to an aromatic ring is 1. The zero-order chi connectivity index (χ0) is 13.1. The molecule has 0 amide bonds. The molecule has 19 heavy (non-hydrogen) atoms. The molecular weight excluding hydrogens is 236 g/mol. The second-order valence-electron chi connectivity index (χ2n) is 5.36. The number of rotatable bonds is 3. The van der Waals surface area contributed by atoms with Gasteiger partial charge in [0, 0.05) is 11.6 Å². The molecule has 0 unspecified atom stereocenters. The lowest BCUT2D eigenvalue weighted by Gasteiger charge is -2.22. The summed E-state index contributed by atoms with van der Waals surface area (Å²) in [5, 5.41) is 0.976. The van der Waals surface area contributed by atoms with E-state index in [1.54, 1.807) is 6.20 Å². The molecule has 1 aromatic heterocycles. The van der Waals surface area contributed by atoms with Crippen LogP contribution in [0.5, 0.6) is 5.75 Å². The molecule has 1 aromatic carbocycles. The molecule has 0 spiro atoms. The lowest BCUT2D eigenvalue weighted by atomic mass is 9.90. The Morgan fingerprint density at radius 1 is 1.16 bits per heavy atom. The van der Waals surface area contributed by atoms with Crippen molar-refractivity contribution < 1.29 is 4.74 Å². The van der Waals surface area contributed by atoms with E-state index in [1.807, 2.05) is 24.3 Å². The average molecular weight is 256 g/mol. The highest BCUT2D eigenvalue weighted by Crippen LogP contribution is 2.31. The van der Waals surface area contributed by atoms with Crippen LogP contribution >= 0.6 is 0 Å². The Morgan fingerprint density at radius 3 is 2.84 bits per heavy atom. The zero-order valence-corrected chi connectivity index (χ0v) is 11.1. The van der Waals surface area contributed by atoms with Gasteiger partial charge in [-0.2, -0.15) is 0 Å². The summed E-state index contributed by atoms with van der Waals surface area (Å²) in [5.74, 6) is 1.49. The van der Waals surface area contributed by atoms with Crippen LogP contribution in [0.25, 0.3) is 10.9 Å².